The Labute approximate surface area is 154 Å². The Kier molecular flexibility index (Phi) is 14.5. The van der Waals surface area contributed by atoms with Gasteiger partial charge in [0, 0.05) is 19.6 Å². The summed E-state index contributed by atoms with van der Waals surface area (Å²) in [4.78, 5) is 7.10. The Morgan fingerprint density at radius 2 is 1.82 bits per heavy atom. The van der Waals surface area contributed by atoms with Crippen molar-refractivity contribution in [2.45, 2.75) is 58.8 Å². The Morgan fingerprint density at radius 1 is 1.09 bits per heavy atom. The number of hydrogen-bond acceptors (Lipinski definition) is 2. The molecule has 4 nitrogen and oxygen atoms in total. The number of nitrogens with one attached hydrogen (secondary N) is 2. The van der Waals surface area contributed by atoms with Gasteiger partial charge in [-0.3, -0.25) is 4.99 Å². The van der Waals surface area contributed by atoms with Crippen LogP contribution in [0.4, 0.5) is 0 Å². The molecule has 2 N–H and O–H groups in total. The molecule has 1 fully saturated rings. The fourth-order valence-electron chi connectivity index (χ4n) is 2.82. The number of halogens is 1. The summed E-state index contributed by atoms with van der Waals surface area (Å²) in [5, 5.41) is 6.84. The molecule has 0 bridgehead atoms. The van der Waals surface area contributed by atoms with Crippen molar-refractivity contribution >= 4 is 29.9 Å². The lowest BCUT2D eigenvalue weighted by atomic mass is 9.94. The Hall–Kier alpha value is -0.0400. The van der Waals surface area contributed by atoms with Crippen LogP contribution in [0, 0.1) is 5.92 Å². The molecule has 1 heterocycles. The second kappa shape index (κ2) is 14.5. The summed E-state index contributed by atoms with van der Waals surface area (Å²) in [6, 6.07) is 0. The van der Waals surface area contributed by atoms with Gasteiger partial charge in [-0.05, 0) is 58.7 Å². The number of nitrogens with zero attached hydrogens (tertiary/aromatic N) is 2. The Morgan fingerprint density at radius 3 is 2.45 bits per heavy atom. The van der Waals surface area contributed by atoms with Gasteiger partial charge in [0.1, 0.15) is 0 Å². The summed E-state index contributed by atoms with van der Waals surface area (Å²) in [5.74, 6) is 1.89. The monoisotopic (exact) mass is 424 g/mol. The van der Waals surface area contributed by atoms with Gasteiger partial charge in [-0.15, -0.1) is 24.0 Å². The fourth-order valence-corrected chi connectivity index (χ4v) is 2.82. The van der Waals surface area contributed by atoms with E-state index in [0.29, 0.717) is 0 Å². The molecule has 132 valence electrons. The first-order valence-corrected chi connectivity index (χ1v) is 8.97. The normalized spacial score (nSPS) is 17.1. The molecule has 0 aliphatic carbocycles. The van der Waals surface area contributed by atoms with Crippen molar-refractivity contribution in [3.05, 3.63) is 0 Å². The van der Waals surface area contributed by atoms with Crippen LogP contribution in [-0.4, -0.2) is 50.6 Å². The number of unbranched alkanes of at least 4 members (excludes halogenated alkanes) is 3. The molecule has 0 amide bonds. The van der Waals surface area contributed by atoms with E-state index in [4.69, 9.17) is 0 Å². The first-order valence-electron chi connectivity index (χ1n) is 8.97. The van der Waals surface area contributed by atoms with E-state index in [9.17, 15) is 0 Å². The van der Waals surface area contributed by atoms with Crippen molar-refractivity contribution < 1.29 is 0 Å². The van der Waals surface area contributed by atoms with E-state index in [2.05, 4.69) is 41.4 Å². The summed E-state index contributed by atoms with van der Waals surface area (Å²) in [6.07, 6.45) is 9.10. The zero-order valence-corrected chi connectivity index (χ0v) is 17.2. The van der Waals surface area contributed by atoms with Gasteiger partial charge in [-0.25, -0.2) is 0 Å². The SMILES string of the molecule is CCCCCCN=C(NCC)NCCC1CCN(C)CC1.I. The highest BCUT2D eigenvalue weighted by atomic mass is 127. The van der Waals surface area contributed by atoms with Gasteiger partial charge in [0.2, 0.25) is 0 Å². The van der Waals surface area contributed by atoms with Gasteiger partial charge in [0.05, 0.1) is 0 Å². The van der Waals surface area contributed by atoms with E-state index in [1.807, 2.05) is 0 Å². The molecule has 0 radical (unpaired) electrons. The molecular weight excluding hydrogens is 387 g/mol. The van der Waals surface area contributed by atoms with Crippen molar-refractivity contribution in [3.63, 3.8) is 0 Å². The number of hydrogen-bond donors (Lipinski definition) is 2. The minimum absolute atomic E-state index is 0. The smallest absolute Gasteiger partial charge is 0.191 e. The van der Waals surface area contributed by atoms with Crippen molar-refractivity contribution in [1.82, 2.24) is 15.5 Å². The molecule has 0 saturated carbocycles. The van der Waals surface area contributed by atoms with Crippen LogP contribution in [0.1, 0.15) is 58.8 Å². The van der Waals surface area contributed by atoms with Crippen molar-refractivity contribution in [1.29, 1.82) is 0 Å². The highest BCUT2D eigenvalue weighted by molar-refractivity contribution is 14.0. The molecule has 1 saturated heterocycles. The van der Waals surface area contributed by atoms with Crippen LogP contribution in [0.15, 0.2) is 4.99 Å². The van der Waals surface area contributed by atoms with Gasteiger partial charge in [-0.1, -0.05) is 26.2 Å². The fraction of sp³-hybridized carbons (Fsp3) is 0.941. The minimum Gasteiger partial charge on any atom is -0.357 e. The maximum Gasteiger partial charge on any atom is 0.191 e. The van der Waals surface area contributed by atoms with Crippen LogP contribution < -0.4 is 10.6 Å². The molecule has 0 aromatic rings. The average molecular weight is 424 g/mol. The Bertz CT molecular complexity index is 276. The van der Waals surface area contributed by atoms with Gasteiger partial charge >= 0.3 is 0 Å². The van der Waals surface area contributed by atoms with E-state index in [-0.39, 0.29) is 24.0 Å². The van der Waals surface area contributed by atoms with E-state index in [1.165, 1.54) is 58.0 Å². The lowest BCUT2D eigenvalue weighted by Gasteiger charge is -2.29. The molecule has 1 rings (SSSR count). The first-order chi connectivity index (χ1) is 10.3. The average Bonchev–Trinajstić information content (AvgIpc) is 2.49. The van der Waals surface area contributed by atoms with Crippen LogP contribution in [0.25, 0.3) is 0 Å². The third-order valence-corrected chi connectivity index (χ3v) is 4.31. The number of piperidine rings is 1. The van der Waals surface area contributed by atoms with E-state index < -0.39 is 0 Å². The van der Waals surface area contributed by atoms with Crippen LogP contribution in [-0.2, 0) is 0 Å². The third kappa shape index (κ3) is 10.6. The van der Waals surface area contributed by atoms with Crippen molar-refractivity contribution in [2.24, 2.45) is 10.9 Å². The maximum atomic E-state index is 4.67. The molecule has 0 unspecified atom stereocenters. The number of aliphatic imine (C=N–C) groups is 1. The van der Waals surface area contributed by atoms with Gasteiger partial charge < -0.3 is 15.5 Å². The summed E-state index contributed by atoms with van der Waals surface area (Å²) in [7, 11) is 2.23. The zero-order valence-electron chi connectivity index (χ0n) is 14.9. The van der Waals surface area contributed by atoms with Gasteiger partial charge in [-0.2, -0.15) is 0 Å². The van der Waals surface area contributed by atoms with Crippen molar-refractivity contribution in [2.75, 3.05) is 39.8 Å². The standard InChI is InChI=1S/C17H36N4.HI/c1-4-6-7-8-12-19-17(18-5-2)20-13-9-16-10-14-21(3)15-11-16;/h16H,4-15H2,1-3H3,(H2,18,19,20);1H. The van der Waals surface area contributed by atoms with Crippen LogP contribution >= 0.6 is 24.0 Å². The van der Waals surface area contributed by atoms with Gasteiger partial charge in [0.25, 0.3) is 0 Å². The number of rotatable bonds is 9. The summed E-state index contributed by atoms with van der Waals surface area (Å²) in [6.45, 7) is 9.84. The molecular formula is C17H37IN4. The Balaban J connectivity index is 0.00000441. The highest BCUT2D eigenvalue weighted by Crippen LogP contribution is 2.18. The quantitative estimate of drug-likeness (QED) is 0.258. The lowest BCUT2D eigenvalue weighted by Crippen LogP contribution is -2.39. The number of likely N-dealkylation sites (tertiary alicyclic amines) is 1. The molecule has 0 aromatic carbocycles. The predicted octanol–water partition coefficient (Wildman–Crippen LogP) is 3.47. The van der Waals surface area contributed by atoms with E-state index in [0.717, 1.165) is 31.5 Å². The second-order valence-corrected chi connectivity index (χ2v) is 6.28. The molecule has 5 heteroatoms. The third-order valence-electron chi connectivity index (χ3n) is 4.31. The highest BCUT2D eigenvalue weighted by Gasteiger charge is 2.16. The minimum atomic E-state index is 0. The lowest BCUT2D eigenvalue weighted by molar-refractivity contribution is 0.213. The van der Waals surface area contributed by atoms with E-state index in [1.54, 1.807) is 0 Å². The second-order valence-electron chi connectivity index (χ2n) is 6.28. The largest absolute Gasteiger partial charge is 0.357 e. The van der Waals surface area contributed by atoms with Gasteiger partial charge in [0.15, 0.2) is 5.96 Å². The molecule has 1 aliphatic rings. The van der Waals surface area contributed by atoms with Crippen molar-refractivity contribution in [3.8, 4) is 0 Å². The molecule has 1 aliphatic heterocycles. The zero-order chi connectivity index (χ0) is 15.3. The summed E-state index contributed by atoms with van der Waals surface area (Å²) >= 11 is 0. The maximum absolute atomic E-state index is 4.67. The predicted molar refractivity (Wildman–Crippen MR) is 108 cm³/mol. The van der Waals surface area contributed by atoms with Crippen LogP contribution in [0.5, 0.6) is 0 Å². The molecule has 0 atom stereocenters. The van der Waals surface area contributed by atoms with Crippen LogP contribution in [0.2, 0.25) is 0 Å². The van der Waals surface area contributed by atoms with Crippen LogP contribution in [0.3, 0.4) is 0 Å². The molecule has 0 aromatic heterocycles. The first kappa shape index (κ1) is 22.0. The molecule has 0 spiro atoms. The number of guanidine groups is 1. The summed E-state index contributed by atoms with van der Waals surface area (Å²) < 4.78 is 0. The summed E-state index contributed by atoms with van der Waals surface area (Å²) in [5.41, 5.74) is 0. The topological polar surface area (TPSA) is 39.7 Å². The molecule has 22 heavy (non-hydrogen) atoms. The van der Waals surface area contributed by atoms with E-state index >= 15 is 0 Å².